The third-order valence-corrected chi connectivity index (χ3v) is 7.26. The number of ketones is 1. The van der Waals surface area contributed by atoms with Gasteiger partial charge in [0.05, 0.1) is 32.0 Å². The number of aliphatic carboxylic acids is 1. The molecule has 2 fully saturated rings. The van der Waals surface area contributed by atoms with Gasteiger partial charge in [0.15, 0.2) is 5.78 Å². The minimum atomic E-state index is -0.789. The van der Waals surface area contributed by atoms with Crippen molar-refractivity contribution in [3.63, 3.8) is 0 Å². The van der Waals surface area contributed by atoms with Gasteiger partial charge in [0, 0.05) is 36.9 Å². The number of carboxylic acids is 1. The van der Waals surface area contributed by atoms with Gasteiger partial charge in [-0.15, -0.1) is 0 Å². The van der Waals surface area contributed by atoms with Crippen molar-refractivity contribution in [2.24, 2.45) is 5.92 Å². The van der Waals surface area contributed by atoms with E-state index in [0.717, 1.165) is 47.6 Å². The van der Waals surface area contributed by atoms with Gasteiger partial charge in [0.25, 0.3) is 0 Å². The zero-order valence-corrected chi connectivity index (χ0v) is 21.2. The van der Waals surface area contributed by atoms with Gasteiger partial charge in [-0.05, 0) is 48.1 Å². The lowest BCUT2D eigenvalue weighted by Gasteiger charge is -2.35. The predicted octanol–water partition coefficient (Wildman–Crippen LogP) is 5.38. The maximum Gasteiger partial charge on any atom is 0.303 e. The van der Waals surface area contributed by atoms with Crippen LogP contribution in [0.25, 0.3) is 11.1 Å². The van der Waals surface area contributed by atoms with Crippen molar-refractivity contribution >= 4 is 23.4 Å². The third kappa shape index (κ3) is 7.26. The number of ether oxygens (including phenoxy) is 2. The molecule has 0 spiro atoms. The molecule has 7 heteroatoms. The van der Waals surface area contributed by atoms with Gasteiger partial charge in [-0.3, -0.25) is 14.5 Å². The first kappa shape index (κ1) is 26.6. The zero-order valence-electron chi connectivity index (χ0n) is 20.5. The number of carboxylic acid groups (broad SMARTS) is 1. The highest BCUT2D eigenvalue weighted by Gasteiger charge is 2.45. The summed E-state index contributed by atoms with van der Waals surface area (Å²) in [6.07, 6.45) is 6.55. The number of rotatable bonds is 11. The van der Waals surface area contributed by atoms with Crippen molar-refractivity contribution in [1.82, 2.24) is 4.90 Å². The number of hydrogen-bond acceptors (Lipinski definition) is 5. The highest BCUT2D eigenvalue weighted by molar-refractivity contribution is 6.30. The quantitative estimate of drug-likeness (QED) is 0.408. The molecule has 4 rings (SSSR count). The highest BCUT2D eigenvalue weighted by Crippen LogP contribution is 2.35. The maximum atomic E-state index is 13.1. The number of hydrogen-bond donors (Lipinski definition) is 1. The molecule has 1 saturated heterocycles. The first-order valence-electron chi connectivity index (χ1n) is 12.7. The molecule has 1 aliphatic heterocycles. The standard InChI is InChI=1S/C29H34ClNO5/c30-24-13-11-23(12-14-24)22-9-7-21(8-10-22)20-36-27-19-26(32)29(31-15-17-35-18-16-31)25(27)5-3-1-2-4-6-28(33)34/h1-2,7-14,25,27,29H,3-6,15-20H2,(H,33,34)/t25-,27-,29+/m0/s1. The second kappa shape index (κ2) is 13.2. The van der Waals surface area contributed by atoms with Crippen molar-refractivity contribution < 1.29 is 24.2 Å². The molecule has 1 aliphatic carbocycles. The van der Waals surface area contributed by atoms with Gasteiger partial charge >= 0.3 is 5.97 Å². The number of carbonyl (C=O) groups excluding carboxylic acids is 1. The fourth-order valence-electron chi connectivity index (χ4n) is 5.14. The maximum absolute atomic E-state index is 13.1. The minimum Gasteiger partial charge on any atom is -0.481 e. The molecular weight excluding hydrogens is 478 g/mol. The molecule has 192 valence electrons. The van der Waals surface area contributed by atoms with Crippen molar-refractivity contribution in [2.75, 3.05) is 26.3 Å². The number of carbonyl (C=O) groups is 2. The molecule has 1 heterocycles. The molecule has 0 amide bonds. The summed E-state index contributed by atoms with van der Waals surface area (Å²) in [4.78, 5) is 26.1. The highest BCUT2D eigenvalue weighted by atomic mass is 35.5. The van der Waals surface area contributed by atoms with E-state index in [2.05, 4.69) is 29.2 Å². The normalized spacial score (nSPS) is 22.9. The molecule has 0 bridgehead atoms. The summed E-state index contributed by atoms with van der Waals surface area (Å²) in [6, 6.07) is 15.9. The van der Waals surface area contributed by atoms with Gasteiger partial charge in [-0.25, -0.2) is 0 Å². The minimum absolute atomic E-state index is 0.105. The van der Waals surface area contributed by atoms with Crippen molar-refractivity contribution in [2.45, 2.75) is 50.9 Å². The summed E-state index contributed by atoms with van der Waals surface area (Å²) >= 11 is 6.00. The second-order valence-electron chi connectivity index (χ2n) is 9.46. The number of morpholine rings is 1. The first-order valence-corrected chi connectivity index (χ1v) is 13.1. The van der Waals surface area contributed by atoms with Crippen LogP contribution in [0.3, 0.4) is 0 Å². The third-order valence-electron chi connectivity index (χ3n) is 7.01. The average Bonchev–Trinajstić information content (AvgIpc) is 3.20. The number of Topliss-reactive ketones (excluding diaryl/α,β-unsaturated/α-hetero) is 1. The topological polar surface area (TPSA) is 76.1 Å². The van der Waals surface area contributed by atoms with Crippen LogP contribution in [0, 0.1) is 5.92 Å². The van der Waals surface area contributed by atoms with Crippen LogP contribution in [0.1, 0.15) is 37.7 Å². The molecule has 0 aromatic heterocycles. The van der Waals surface area contributed by atoms with E-state index in [9.17, 15) is 9.59 Å². The van der Waals surface area contributed by atoms with Gasteiger partial charge in [-0.1, -0.05) is 60.2 Å². The lowest BCUT2D eigenvalue weighted by atomic mass is 9.93. The lowest BCUT2D eigenvalue weighted by molar-refractivity contribution is -0.136. The first-order chi connectivity index (χ1) is 17.5. The summed E-state index contributed by atoms with van der Waals surface area (Å²) < 4.78 is 11.9. The summed E-state index contributed by atoms with van der Waals surface area (Å²) in [5.74, 6) is -0.434. The molecular formula is C29H34ClNO5. The molecule has 2 aromatic carbocycles. The summed E-state index contributed by atoms with van der Waals surface area (Å²) in [6.45, 7) is 3.29. The monoisotopic (exact) mass is 511 g/mol. The van der Waals surface area contributed by atoms with Crippen LogP contribution in [-0.2, 0) is 25.7 Å². The fourth-order valence-corrected chi connectivity index (χ4v) is 5.27. The predicted molar refractivity (Wildman–Crippen MR) is 140 cm³/mol. The van der Waals surface area contributed by atoms with Crippen LogP contribution in [0.15, 0.2) is 60.7 Å². The van der Waals surface area contributed by atoms with Crippen LogP contribution in [0.4, 0.5) is 0 Å². The number of benzene rings is 2. The molecule has 2 aromatic rings. The molecule has 1 N–H and O–H groups in total. The van der Waals surface area contributed by atoms with Gasteiger partial charge < -0.3 is 14.6 Å². The Morgan fingerprint density at radius 3 is 2.33 bits per heavy atom. The van der Waals surface area contributed by atoms with Crippen LogP contribution < -0.4 is 0 Å². The fraction of sp³-hybridized carbons (Fsp3) is 0.448. The van der Waals surface area contributed by atoms with Crippen LogP contribution in [-0.4, -0.2) is 60.2 Å². The zero-order chi connectivity index (χ0) is 25.3. The van der Waals surface area contributed by atoms with Gasteiger partial charge in [-0.2, -0.15) is 0 Å². The molecule has 36 heavy (non-hydrogen) atoms. The van der Waals surface area contributed by atoms with E-state index in [4.69, 9.17) is 26.2 Å². The summed E-state index contributed by atoms with van der Waals surface area (Å²) in [7, 11) is 0. The van der Waals surface area contributed by atoms with Crippen molar-refractivity contribution in [3.05, 3.63) is 71.3 Å². The number of nitrogens with zero attached hydrogens (tertiary/aromatic N) is 1. The van der Waals surface area contributed by atoms with E-state index in [-0.39, 0.29) is 30.3 Å². The van der Waals surface area contributed by atoms with E-state index in [0.29, 0.717) is 32.7 Å². The number of allylic oxidation sites excluding steroid dienone is 2. The Hall–Kier alpha value is -2.51. The van der Waals surface area contributed by atoms with E-state index in [1.807, 2.05) is 36.4 Å². The van der Waals surface area contributed by atoms with Crippen molar-refractivity contribution in [3.8, 4) is 11.1 Å². The van der Waals surface area contributed by atoms with E-state index in [1.54, 1.807) is 0 Å². The van der Waals surface area contributed by atoms with Crippen LogP contribution in [0.2, 0.25) is 5.02 Å². The van der Waals surface area contributed by atoms with Crippen LogP contribution >= 0.6 is 11.6 Å². The molecule has 1 saturated carbocycles. The number of halogens is 1. The van der Waals surface area contributed by atoms with E-state index in [1.165, 1.54) is 0 Å². The lowest BCUT2D eigenvalue weighted by Crippen LogP contribution is -2.49. The largest absolute Gasteiger partial charge is 0.481 e. The van der Waals surface area contributed by atoms with Crippen molar-refractivity contribution in [1.29, 1.82) is 0 Å². The average molecular weight is 512 g/mol. The Morgan fingerprint density at radius 1 is 1.03 bits per heavy atom. The molecule has 6 nitrogen and oxygen atoms in total. The Balaban J connectivity index is 1.38. The van der Waals surface area contributed by atoms with E-state index < -0.39 is 5.97 Å². The summed E-state index contributed by atoms with van der Waals surface area (Å²) in [5, 5.41) is 9.53. The second-order valence-corrected chi connectivity index (χ2v) is 9.90. The summed E-state index contributed by atoms with van der Waals surface area (Å²) in [5.41, 5.74) is 3.30. The molecule has 0 unspecified atom stereocenters. The van der Waals surface area contributed by atoms with Gasteiger partial charge in [0.2, 0.25) is 0 Å². The molecule has 2 aliphatic rings. The van der Waals surface area contributed by atoms with Gasteiger partial charge in [0.1, 0.15) is 0 Å². The van der Waals surface area contributed by atoms with Crippen LogP contribution in [0.5, 0.6) is 0 Å². The SMILES string of the molecule is O=C(O)CCC=CCC[C@H]1[C@@H](OCc2ccc(-c3ccc(Cl)cc3)cc2)CC(=O)[C@@H]1N1CCOCC1. The Morgan fingerprint density at radius 2 is 1.67 bits per heavy atom. The Labute approximate surface area is 217 Å². The molecule has 3 atom stereocenters. The Bertz CT molecular complexity index is 1030. The Kier molecular flexibility index (Phi) is 9.70. The molecule has 0 radical (unpaired) electrons. The smallest absolute Gasteiger partial charge is 0.303 e. The van der Waals surface area contributed by atoms with E-state index >= 15 is 0 Å².